The van der Waals surface area contributed by atoms with E-state index in [0.29, 0.717) is 11.1 Å². The van der Waals surface area contributed by atoms with Gasteiger partial charge in [0.15, 0.2) is 5.78 Å². The topological polar surface area (TPSA) is 30.0 Å². The first-order valence-corrected chi connectivity index (χ1v) is 6.45. The number of rotatable bonds is 2. The summed E-state index contributed by atoms with van der Waals surface area (Å²) in [5, 5.41) is 0. The minimum absolute atomic E-state index is 0.0134. The third-order valence-corrected chi connectivity index (χ3v) is 4.46. The van der Waals surface area contributed by atoms with Gasteiger partial charge in [0, 0.05) is 31.6 Å². The number of benzene rings is 1. The number of ketones is 1. The van der Waals surface area contributed by atoms with E-state index in [2.05, 4.69) is 43.5 Å². The molecular weight excluding hydrogens is 381 g/mol. The largest absolute Gasteiger partial charge is 0.289 e. The normalized spacial score (nSPS) is 10.1. The number of halogens is 2. The molecule has 80 valence electrons. The summed E-state index contributed by atoms with van der Waals surface area (Å²) in [7, 11) is 0. The van der Waals surface area contributed by atoms with E-state index in [9.17, 15) is 4.79 Å². The first-order chi connectivity index (χ1) is 7.68. The second-order valence-corrected chi connectivity index (χ2v) is 5.21. The van der Waals surface area contributed by atoms with Crippen LogP contribution in [0.4, 0.5) is 0 Å². The minimum Gasteiger partial charge on any atom is -0.289 e. The van der Waals surface area contributed by atoms with E-state index < -0.39 is 0 Å². The molecule has 1 aromatic heterocycles. The fourth-order valence-electron chi connectivity index (χ4n) is 1.31. The summed E-state index contributed by atoms with van der Waals surface area (Å²) >= 11 is 5.63. The van der Waals surface area contributed by atoms with Gasteiger partial charge in [-0.2, -0.15) is 0 Å². The van der Waals surface area contributed by atoms with Crippen LogP contribution in [0.15, 0.2) is 47.2 Å². The number of aromatic nitrogens is 1. The molecule has 0 unspecified atom stereocenters. The molecule has 0 aliphatic rings. The molecule has 2 nitrogen and oxygen atoms in total. The molecule has 0 atom stereocenters. The van der Waals surface area contributed by atoms with Crippen molar-refractivity contribution in [2.45, 2.75) is 0 Å². The first-order valence-electron chi connectivity index (χ1n) is 4.58. The van der Waals surface area contributed by atoms with E-state index in [1.54, 1.807) is 24.5 Å². The molecule has 0 bridgehead atoms. The minimum atomic E-state index is 0.0134. The van der Waals surface area contributed by atoms with Crippen LogP contribution in [0, 0.1) is 3.57 Å². The van der Waals surface area contributed by atoms with Crippen molar-refractivity contribution in [2.24, 2.45) is 0 Å². The van der Waals surface area contributed by atoms with Crippen LogP contribution < -0.4 is 0 Å². The second-order valence-electron chi connectivity index (χ2n) is 3.19. The SMILES string of the molecule is O=C(c1ccncc1)c1ccc(I)c(Br)c1. The van der Waals surface area contributed by atoms with E-state index >= 15 is 0 Å². The molecule has 16 heavy (non-hydrogen) atoms. The molecule has 0 fully saturated rings. The molecule has 1 aromatic carbocycles. The lowest BCUT2D eigenvalue weighted by Gasteiger charge is -2.02. The van der Waals surface area contributed by atoms with Gasteiger partial charge in [0.1, 0.15) is 0 Å². The van der Waals surface area contributed by atoms with Crippen LogP contribution >= 0.6 is 38.5 Å². The number of carbonyl (C=O) groups excluding carboxylic acids is 1. The Hall–Kier alpha value is -0.750. The van der Waals surface area contributed by atoms with Crippen LogP contribution in [-0.2, 0) is 0 Å². The molecule has 2 aromatic rings. The Bertz CT molecular complexity index is 528. The van der Waals surface area contributed by atoms with E-state index in [4.69, 9.17) is 0 Å². The van der Waals surface area contributed by atoms with E-state index in [0.717, 1.165) is 8.04 Å². The molecule has 4 heteroatoms. The van der Waals surface area contributed by atoms with Crippen molar-refractivity contribution in [3.8, 4) is 0 Å². The maximum atomic E-state index is 12.1. The molecular formula is C12H7BrINO. The standard InChI is InChI=1S/C12H7BrINO/c13-10-7-9(1-2-11(10)14)12(16)8-3-5-15-6-4-8/h1-7H. The van der Waals surface area contributed by atoms with Gasteiger partial charge in [0.05, 0.1) is 0 Å². The summed E-state index contributed by atoms with van der Waals surface area (Å²) in [5.74, 6) is 0.0134. The number of carbonyl (C=O) groups is 1. The van der Waals surface area contributed by atoms with Gasteiger partial charge < -0.3 is 0 Å². The molecule has 0 radical (unpaired) electrons. The molecule has 0 aliphatic heterocycles. The monoisotopic (exact) mass is 387 g/mol. The van der Waals surface area contributed by atoms with E-state index in [1.807, 2.05) is 18.2 Å². The maximum Gasteiger partial charge on any atom is 0.193 e. The Morgan fingerprint density at radius 2 is 1.81 bits per heavy atom. The zero-order valence-electron chi connectivity index (χ0n) is 8.15. The Morgan fingerprint density at radius 3 is 2.44 bits per heavy atom. The molecule has 0 saturated heterocycles. The van der Waals surface area contributed by atoms with Gasteiger partial charge in [-0.1, -0.05) is 0 Å². The summed E-state index contributed by atoms with van der Waals surface area (Å²) in [5.41, 5.74) is 1.33. The van der Waals surface area contributed by atoms with Crippen LogP contribution in [-0.4, -0.2) is 10.8 Å². The van der Waals surface area contributed by atoms with Crippen molar-refractivity contribution >= 4 is 44.3 Å². The van der Waals surface area contributed by atoms with Crippen molar-refractivity contribution in [1.82, 2.24) is 4.98 Å². The quantitative estimate of drug-likeness (QED) is 0.581. The van der Waals surface area contributed by atoms with Gasteiger partial charge in [0.25, 0.3) is 0 Å². The molecule has 0 spiro atoms. The molecule has 0 N–H and O–H groups in total. The highest BCUT2D eigenvalue weighted by Crippen LogP contribution is 2.21. The second kappa shape index (κ2) is 5.05. The van der Waals surface area contributed by atoms with Crippen LogP contribution in [0.5, 0.6) is 0 Å². The lowest BCUT2D eigenvalue weighted by atomic mass is 10.1. The van der Waals surface area contributed by atoms with Gasteiger partial charge in [-0.25, -0.2) is 0 Å². The molecule has 0 saturated carbocycles. The molecule has 2 rings (SSSR count). The zero-order chi connectivity index (χ0) is 11.5. The summed E-state index contributed by atoms with van der Waals surface area (Å²) < 4.78 is 2.02. The van der Waals surface area contributed by atoms with Gasteiger partial charge in [-0.15, -0.1) is 0 Å². The van der Waals surface area contributed by atoms with Gasteiger partial charge in [-0.3, -0.25) is 9.78 Å². The van der Waals surface area contributed by atoms with Crippen molar-refractivity contribution in [2.75, 3.05) is 0 Å². The fourth-order valence-corrected chi connectivity index (χ4v) is 2.02. The first kappa shape index (κ1) is 11.7. The van der Waals surface area contributed by atoms with Crippen LogP contribution in [0.25, 0.3) is 0 Å². The third-order valence-electron chi connectivity index (χ3n) is 2.12. The van der Waals surface area contributed by atoms with Gasteiger partial charge in [0.2, 0.25) is 0 Å². The Kier molecular flexibility index (Phi) is 3.70. The predicted molar refractivity (Wildman–Crippen MR) is 74.5 cm³/mol. The van der Waals surface area contributed by atoms with E-state index in [-0.39, 0.29) is 5.78 Å². The number of pyridine rings is 1. The predicted octanol–water partition coefficient (Wildman–Crippen LogP) is 3.68. The van der Waals surface area contributed by atoms with Crippen LogP contribution in [0.3, 0.4) is 0 Å². The zero-order valence-corrected chi connectivity index (χ0v) is 11.9. The molecule has 0 aliphatic carbocycles. The lowest BCUT2D eigenvalue weighted by Crippen LogP contribution is -2.01. The molecule has 0 amide bonds. The molecule has 1 heterocycles. The lowest BCUT2D eigenvalue weighted by molar-refractivity contribution is 0.103. The van der Waals surface area contributed by atoms with Crippen LogP contribution in [0.1, 0.15) is 15.9 Å². The van der Waals surface area contributed by atoms with Crippen molar-refractivity contribution < 1.29 is 4.79 Å². The smallest absolute Gasteiger partial charge is 0.193 e. The van der Waals surface area contributed by atoms with Gasteiger partial charge in [-0.05, 0) is 68.9 Å². The fraction of sp³-hybridized carbons (Fsp3) is 0. The van der Waals surface area contributed by atoms with Crippen LogP contribution in [0.2, 0.25) is 0 Å². The number of hydrogen-bond acceptors (Lipinski definition) is 2. The summed E-state index contributed by atoms with van der Waals surface area (Å²) in [6.45, 7) is 0. The Labute approximate surface area is 115 Å². The Morgan fingerprint density at radius 1 is 1.12 bits per heavy atom. The Balaban J connectivity index is 2.39. The summed E-state index contributed by atoms with van der Waals surface area (Å²) in [4.78, 5) is 15.9. The average molecular weight is 388 g/mol. The van der Waals surface area contributed by atoms with Crippen molar-refractivity contribution in [1.29, 1.82) is 0 Å². The van der Waals surface area contributed by atoms with Crippen molar-refractivity contribution in [3.05, 3.63) is 61.9 Å². The number of nitrogens with zero attached hydrogens (tertiary/aromatic N) is 1. The highest BCUT2D eigenvalue weighted by Gasteiger charge is 2.09. The highest BCUT2D eigenvalue weighted by atomic mass is 127. The van der Waals surface area contributed by atoms with Gasteiger partial charge >= 0.3 is 0 Å². The summed E-state index contributed by atoms with van der Waals surface area (Å²) in [6, 6.07) is 9.02. The summed E-state index contributed by atoms with van der Waals surface area (Å²) in [6.07, 6.45) is 3.24. The highest BCUT2D eigenvalue weighted by molar-refractivity contribution is 14.1. The average Bonchev–Trinajstić information content (AvgIpc) is 2.33. The maximum absolute atomic E-state index is 12.1. The van der Waals surface area contributed by atoms with Crippen molar-refractivity contribution in [3.63, 3.8) is 0 Å². The van der Waals surface area contributed by atoms with E-state index in [1.165, 1.54) is 0 Å². The third kappa shape index (κ3) is 2.49. The number of hydrogen-bond donors (Lipinski definition) is 0.